The maximum Gasteiger partial charge on any atom is 0.128 e. The van der Waals surface area contributed by atoms with Gasteiger partial charge in [0.05, 0.1) is 19.8 Å². The second-order valence-corrected chi connectivity index (χ2v) is 4.98. The van der Waals surface area contributed by atoms with Crippen molar-refractivity contribution in [2.45, 2.75) is 19.4 Å². The van der Waals surface area contributed by atoms with E-state index in [9.17, 15) is 0 Å². The minimum atomic E-state index is -0.211. The lowest BCUT2D eigenvalue weighted by Crippen LogP contribution is -2.34. The van der Waals surface area contributed by atoms with Gasteiger partial charge in [0.2, 0.25) is 0 Å². The van der Waals surface area contributed by atoms with Gasteiger partial charge in [0.25, 0.3) is 0 Å². The summed E-state index contributed by atoms with van der Waals surface area (Å²) in [7, 11) is 5.24. The van der Waals surface area contributed by atoms with E-state index < -0.39 is 0 Å². The SMILES string of the molecule is CNC(C)(C)c1c(OC)cc(Br)cc1OC. The molecule has 4 heteroatoms. The smallest absolute Gasteiger partial charge is 0.128 e. The Balaban J connectivity index is 3.44. The van der Waals surface area contributed by atoms with E-state index in [-0.39, 0.29) is 5.54 Å². The van der Waals surface area contributed by atoms with Gasteiger partial charge in [-0.15, -0.1) is 0 Å². The van der Waals surface area contributed by atoms with Gasteiger partial charge < -0.3 is 14.8 Å². The second kappa shape index (κ2) is 5.06. The third kappa shape index (κ3) is 2.50. The number of rotatable bonds is 4. The fourth-order valence-corrected chi connectivity index (χ4v) is 2.04. The number of methoxy groups -OCH3 is 2. The van der Waals surface area contributed by atoms with E-state index in [0.717, 1.165) is 21.5 Å². The summed E-state index contributed by atoms with van der Waals surface area (Å²) in [5, 5.41) is 3.25. The summed E-state index contributed by atoms with van der Waals surface area (Å²) in [4.78, 5) is 0. The first kappa shape index (κ1) is 13.3. The maximum atomic E-state index is 5.41. The molecule has 0 unspecified atom stereocenters. The van der Waals surface area contributed by atoms with Gasteiger partial charge in [-0.2, -0.15) is 0 Å². The van der Waals surface area contributed by atoms with Crippen molar-refractivity contribution in [1.29, 1.82) is 0 Å². The minimum absolute atomic E-state index is 0.211. The van der Waals surface area contributed by atoms with Crippen molar-refractivity contribution >= 4 is 15.9 Å². The standard InChI is InChI=1S/C12H18BrNO2/c1-12(2,14-3)11-9(15-4)6-8(13)7-10(11)16-5/h6-7,14H,1-5H3. The number of nitrogens with one attached hydrogen (secondary N) is 1. The van der Waals surface area contributed by atoms with E-state index in [4.69, 9.17) is 9.47 Å². The summed E-state index contributed by atoms with van der Waals surface area (Å²) in [6.45, 7) is 4.17. The first-order valence-electron chi connectivity index (χ1n) is 5.07. The quantitative estimate of drug-likeness (QED) is 0.924. The lowest BCUT2D eigenvalue weighted by molar-refractivity contribution is 0.344. The molecule has 16 heavy (non-hydrogen) atoms. The lowest BCUT2D eigenvalue weighted by atomic mass is 9.92. The predicted molar refractivity (Wildman–Crippen MR) is 69.3 cm³/mol. The van der Waals surface area contributed by atoms with Gasteiger partial charge in [-0.1, -0.05) is 15.9 Å². The lowest BCUT2D eigenvalue weighted by Gasteiger charge is -2.28. The van der Waals surface area contributed by atoms with Crippen LogP contribution in [0.15, 0.2) is 16.6 Å². The van der Waals surface area contributed by atoms with Crippen LogP contribution in [-0.4, -0.2) is 21.3 Å². The fraction of sp³-hybridized carbons (Fsp3) is 0.500. The molecule has 0 saturated carbocycles. The molecule has 0 aliphatic rings. The van der Waals surface area contributed by atoms with Crippen LogP contribution in [0.2, 0.25) is 0 Å². The molecule has 0 aromatic heterocycles. The largest absolute Gasteiger partial charge is 0.496 e. The molecular formula is C12H18BrNO2. The van der Waals surface area contributed by atoms with Crippen LogP contribution in [0, 0.1) is 0 Å². The Morgan fingerprint density at radius 1 is 1.12 bits per heavy atom. The molecule has 90 valence electrons. The maximum absolute atomic E-state index is 5.41. The van der Waals surface area contributed by atoms with Gasteiger partial charge in [0.1, 0.15) is 11.5 Å². The Morgan fingerprint density at radius 3 is 1.88 bits per heavy atom. The highest BCUT2D eigenvalue weighted by Gasteiger charge is 2.27. The Kier molecular flexibility index (Phi) is 4.21. The first-order valence-corrected chi connectivity index (χ1v) is 5.86. The van der Waals surface area contributed by atoms with Crippen LogP contribution in [0.25, 0.3) is 0 Å². The van der Waals surface area contributed by atoms with E-state index in [1.54, 1.807) is 14.2 Å². The average molecular weight is 288 g/mol. The van der Waals surface area contributed by atoms with Crippen LogP contribution in [0.4, 0.5) is 0 Å². The summed E-state index contributed by atoms with van der Waals surface area (Å²) in [6, 6.07) is 3.88. The number of hydrogen-bond acceptors (Lipinski definition) is 3. The van der Waals surface area contributed by atoms with Crippen molar-refractivity contribution in [3.63, 3.8) is 0 Å². The van der Waals surface area contributed by atoms with Gasteiger partial charge in [0.15, 0.2) is 0 Å². The zero-order valence-electron chi connectivity index (χ0n) is 10.3. The molecule has 0 heterocycles. The summed E-state index contributed by atoms with van der Waals surface area (Å²) >= 11 is 3.44. The van der Waals surface area contributed by atoms with E-state index >= 15 is 0 Å². The molecule has 0 amide bonds. The molecule has 1 aromatic rings. The van der Waals surface area contributed by atoms with Gasteiger partial charge in [-0.3, -0.25) is 0 Å². The Hall–Kier alpha value is -0.740. The fourth-order valence-electron chi connectivity index (χ4n) is 1.62. The van der Waals surface area contributed by atoms with Crippen molar-refractivity contribution in [2.75, 3.05) is 21.3 Å². The molecule has 0 saturated heterocycles. The van der Waals surface area contributed by atoms with Crippen molar-refractivity contribution in [2.24, 2.45) is 0 Å². The van der Waals surface area contributed by atoms with Crippen LogP contribution in [0.5, 0.6) is 11.5 Å². The predicted octanol–water partition coefficient (Wildman–Crippen LogP) is 2.92. The molecule has 1 N–H and O–H groups in total. The van der Waals surface area contributed by atoms with Crippen LogP contribution < -0.4 is 14.8 Å². The molecule has 0 fully saturated rings. The van der Waals surface area contributed by atoms with E-state index in [1.807, 2.05) is 19.2 Å². The molecule has 0 bridgehead atoms. The van der Waals surface area contributed by atoms with Crippen LogP contribution in [0.3, 0.4) is 0 Å². The summed E-state index contributed by atoms with van der Waals surface area (Å²) in [5.74, 6) is 1.62. The second-order valence-electron chi connectivity index (χ2n) is 4.06. The number of halogens is 1. The summed E-state index contributed by atoms with van der Waals surface area (Å²) in [5.41, 5.74) is 0.806. The van der Waals surface area contributed by atoms with Crippen LogP contribution in [-0.2, 0) is 5.54 Å². The van der Waals surface area contributed by atoms with Gasteiger partial charge >= 0.3 is 0 Å². The Labute approximate surface area is 105 Å². The highest BCUT2D eigenvalue weighted by atomic mass is 79.9. The monoisotopic (exact) mass is 287 g/mol. The third-order valence-electron chi connectivity index (χ3n) is 2.72. The van der Waals surface area contributed by atoms with Gasteiger partial charge in [-0.05, 0) is 33.0 Å². The number of hydrogen-bond donors (Lipinski definition) is 1. The van der Waals surface area contributed by atoms with Crippen molar-refractivity contribution < 1.29 is 9.47 Å². The van der Waals surface area contributed by atoms with E-state index in [1.165, 1.54) is 0 Å². The number of benzene rings is 1. The van der Waals surface area contributed by atoms with E-state index in [2.05, 4.69) is 35.1 Å². The van der Waals surface area contributed by atoms with Crippen LogP contribution in [0.1, 0.15) is 19.4 Å². The highest BCUT2D eigenvalue weighted by molar-refractivity contribution is 9.10. The number of ether oxygens (including phenoxy) is 2. The average Bonchev–Trinajstić information content (AvgIpc) is 2.27. The summed E-state index contributed by atoms with van der Waals surface area (Å²) in [6.07, 6.45) is 0. The Bertz CT molecular complexity index is 352. The first-order chi connectivity index (χ1) is 7.46. The molecular weight excluding hydrogens is 270 g/mol. The molecule has 0 spiro atoms. The highest BCUT2D eigenvalue weighted by Crippen LogP contribution is 2.39. The minimum Gasteiger partial charge on any atom is -0.496 e. The van der Waals surface area contributed by atoms with Crippen molar-refractivity contribution in [1.82, 2.24) is 5.32 Å². The summed E-state index contributed by atoms with van der Waals surface area (Å²) < 4.78 is 11.8. The molecule has 1 aromatic carbocycles. The molecule has 0 aliphatic heterocycles. The van der Waals surface area contributed by atoms with Crippen molar-refractivity contribution in [3.8, 4) is 11.5 Å². The molecule has 0 atom stereocenters. The van der Waals surface area contributed by atoms with Gasteiger partial charge in [-0.25, -0.2) is 0 Å². The Morgan fingerprint density at radius 2 is 1.56 bits per heavy atom. The normalized spacial score (nSPS) is 11.4. The van der Waals surface area contributed by atoms with Gasteiger partial charge in [0, 0.05) is 10.0 Å². The molecule has 0 aliphatic carbocycles. The molecule has 0 radical (unpaired) electrons. The molecule has 1 rings (SSSR count). The van der Waals surface area contributed by atoms with E-state index in [0.29, 0.717) is 0 Å². The third-order valence-corrected chi connectivity index (χ3v) is 3.18. The zero-order chi connectivity index (χ0) is 12.3. The van der Waals surface area contributed by atoms with Crippen LogP contribution >= 0.6 is 15.9 Å². The van der Waals surface area contributed by atoms with Crippen molar-refractivity contribution in [3.05, 3.63) is 22.2 Å². The topological polar surface area (TPSA) is 30.5 Å². The molecule has 3 nitrogen and oxygen atoms in total. The zero-order valence-corrected chi connectivity index (χ0v) is 11.9.